The Morgan fingerprint density at radius 2 is 2.05 bits per heavy atom. The van der Waals surface area contributed by atoms with Gasteiger partial charge in [0.25, 0.3) is 0 Å². The molecule has 1 heterocycles. The molecule has 108 valence electrons. The van der Waals surface area contributed by atoms with E-state index in [1.165, 1.54) is 6.20 Å². The number of hydrogen-bond donors (Lipinski definition) is 1. The highest BCUT2D eigenvalue weighted by molar-refractivity contribution is 5.69. The van der Waals surface area contributed by atoms with Crippen LogP contribution in [0.25, 0.3) is 11.1 Å². The topological polar surface area (TPSA) is 38.0 Å². The molecule has 2 rings (SSSR count). The van der Waals surface area contributed by atoms with Crippen LogP contribution < -0.4 is 0 Å². The lowest BCUT2D eigenvalue weighted by atomic mass is 10.0. The van der Waals surface area contributed by atoms with Gasteiger partial charge in [-0.2, -0.15) is 18.3 Å². The van der Waals surface area contributed by atoms with Crippen molar-refractivity contribution >= 4 is 0 Å². The van der Waals surface area contributed by atoms with Crippen molar-refractivity contribution in [1.82, 2.24) is 9.78 Å². The number of aromatic hydroxyl groups is 1. The quantitative estimate of drug-likeness (QED) is 0.918. The van der Waals surface area contributed by atoms with Gasteiger partial charge in [-0.1, -0.05) is 13.3 Å². The molecule has 20 heavy (non-hydrogen) atoms. The summed E-state index contributed by atoms with van der Waals surface area (Å²) in [7, 11) is 0. The maximum Gasteiger partial charge on any atom is 0.416 e. The van der Waals surface area contributed by atoms with Crippen molar-refractivity contribution < 1.29 is 18.3 Å². The molecule has 0 radical (unpaired) electrons. The molecule has 0 saturated heterocycles. The summed E-state index contributed by atoms with van der Waals surface area (Å²) >= 11 is 0. The van der Waals surface area contributed by atoms with Gasteiger partial charge in [0, 0.05) is 23.9 Å². The number of benzene rings is 1. The Morgan fingerprint density at radius 1 is 1.30 bits per heavy atom. The number of alkyl halides is 3. The van der Waals surface area contributed by atoms with Gasteiger partial charge in [-0.25, -0.2) is 0 Å². The van der Waals surface area contributed by atoms with E-state index in [0.717, 1.165) is 31.0 Å². The van der Waals surface area contributed by atoms with Gasteiger partial charge in [-0.05, 0) is 24.6 Å². The van der Waals surface area contributed by atoms with Crippen molar-refractivity contribution in [2.75, 3.05) is 0 Å². The third-order valence-corrected chi connectivity index (χ3v) is 3.01. The SMILES string of the molecule is CCCCn1cc(-c2cc(C(F)(F)F)ccc2O)cn1. The predicted octanol–water partition coefficient (Wildman–Crippen LogP) is 4.07. The monoisotopic (exact) mass is 284 g/mol. The fourth-order valence-electron chi connectivity index (χ4n) is 1.89. The maximum absolute atomic E-state index is 12.7. The molecule has 1 aromatic carbocycles. The van der Waals surface area contributed by atoms with Gasteiger partial charge in [0.1, 0.15) is 5.75 Å². The molecule has 1 N–H and O–H groups in total. The summed E-state index contributed by atoms with van der Waals surface area (Å²) in [6, 6.07) is 2.86. The van der Waals surface area contributed by atoms with E-state index in [4.69, 9.17) is 0 Å². The van der Waals surface area contributed by atoms with Crippen molar-refractivity contribution in [2.45, 2.75) is 32.5 Å². The first kappa shape index (κ1) is 14.4. The predicted molar refractivity (Wildman–Crippen MR) is 69.2 cm³/mol. The van der Waals surface area contributed by atoms with Crippen LogP contribution in [0.4, 0.5) is 13.2 Å². The van der Waals surface area contributed by atoms with Crippen LogP contribution in [-0.2, 0) is 12.7 Å². The fraction of sp³-hybridized carbons (Fsp3) is 0.357. The van der Waals surface area contributed by atoms with Crippen LogP contribution in [0.5, 0.6) is 5.75 Å². The molecular weight excluding hydrogens is 269 g/mol. The molecule has 0 unspecified atom stereocenters. The van der Waals surface area contributed by atoms with Crippen molar-refractivity contribution in [3.05, 3.63) is 36.2 Å². The van der Waals surface area contributed by atoms with Gasteiger partial charge in [-0.3, -0.25) is 4.68 Å². The molecule has 0 spiro atoms. The Labute approximate surface area is 114 Å². The number of aryl methyl sites for hydroxylation is 1. The second-order valence-electron chi connectivity index (χ2n) is 4.58. The lowest BCUT2D eigenvalue weighted by molar-refractivity contribution is -0.137. The number of halogens is 3. The molecule has 2 aromatic rings. The number of aromatic nitrogens is 2. The number of phenolic OH excluding ortho intramolecular Hbond substituents is 1. The lowest BCUT2D eigenvalue weighted by Gasteiger charge is -2.09. The summed E-state index contributed by atoms with van der Waals surface area (Å²) in [4.78, 5) is 0. The highest BCUT2D eigenvalue weighted by atomic mass is 19.4. The van der Waals surface area contributed by atoms with Gasteiger partial charge in [0.2, 0.25) is 0 Å². The molecular formula is C14H15F3N2O. The smallest absolute Gasteiger partial charge is 0.416 e. The zero-order valence-corrected chi connectivity index (χ0v) is 11.0. The van der Waals surface area contributed by atoms with E-state index in [9.17, 15) is 18.3 Å². The molecule has 0 amide bonds. The Balaban J connectivity index is 2.34. The van der Waals surface area contributed by atoms with E-state index in [-0.39, 0.29) is 11.3 Å². The van der Waals surface area contributed by atoms with Gasteiger partial charge >= 0.3 is 6.18 Å². The van der Waals surface area contributed by atoms with Crippen molar-refractivity contribution in [3.63, 3.8) is 0 Å². The average molecular weight is 284 g/mol. The van der Waals surface area contributed by atoms with Crippen LogP contribution in [-0.4, -0.2) is 14.9 Å². The highest BCUT2D eigenvalue weighted by Gasteiger charge is 2.31. The number of phenols is 1. The van der Waals surface area contributed by atoms with Gasteiger partial charge in [0.05, 0.1) is 11.8 Å². The molecule has 0 atom stereocenters. The molecule has 6 heteroatoms. The van der Waals surface area contributed by atoms with Crippen LogP contribution >= 0.6 is 0 Å². The van der Waals surface area contributed by atoms with E-state index < -0.39 is 11.7 Å². The van der Waals surface area contributed by atoms with Crippen LogP contribution in [0.15, 0.2) is 30.6 Å². The van der Waals surface area contributed by atoms with Crippen molar-refractivity contribution in [2.24, 2.45) is 0 Å². The fourth-order valence-corrected chi connectivity index (χ4v) is 1.89. The molecule has 0 aliphatic heterocycles. The minimum absolute atomic E-state index is 0.141. The molecule has 0 bridgehead atoms. The lowest BCUT2D eigenvalue weighted by Crippen LogP contribution is -2.04. The van der Waals surface area contributed by atoms with Gasteiger partial charge in [-0.15, -0.1) is 0 Å². The van der Waals surface area contributed by atoms with E-state index in [2.05, 4.69) is 5.10 Å². The molecule has 0 fully saturated rings. The standard InChI is InChI=1S/C14H15F3N2O/c1-2-3-6-19-9-10(8-18-19)12-7-11(14(15,16)17)4-5-13(12)20/h4-5,7-9,20H,2-3,6H2,1H3. The van der Waals surface area contributed by atoms with Crippen molar-refractivity contribution in [1.29, 1.82) is 0 Å². The largest absolute Gasteiger partial charge is 0.507 e. The summed E-state index contributed by atoms with van der Waals surface area (Å²) in [6.07, 6.45) is 0.621. The summed E-state index contributed by atoms with van der Waals surface area (Å²) in [5.41, 5.74) is -0.168. The van der Waals surface area contributed by atoms with Crippen molar-refractivity contribution in [3.8, 4) is 16.9 Å². The minimum Gasteiger partial charge on any atom is -0.507 e. The summed E-state index contributed by atoms with van der Waals surface area (Å²) < 4.78 is 39.7. The number of nitrogens with zero attached hydrogens (tertiary/aromatic N) is 2. The van der Waals surface area contributed by atoms with Crippen LogP contribution in [0.3, 0.4) is 0 Å². The Hall–Kier alpha value is -1.98. The molecule has 3 nitrogen and oxygen atoms in total. The molecule has 0 saturated carbocycles. The van der Waals surface area contributed by atoms with E-state index >= 15 is 0 Å². The summed E-state index contributed by atoms with van der Waals surface area (Å²) in [5, 5.41) is 13.8. The van der Waals surface area contributed by atoms with Crippen LogP contribution in [0.2, 0.25) is 0 Å². The Bertz CT molecular complexity index is 590. The minimum atomic E-state index is -4.43. The number of hydrogen-bond acceptors (Lipinski definition) is 2. The van der Waals surface area contributed by atoms with Crippen LogP contribution in [0, 0.1) is 0 Å². The van der Waals surface area contributed by atoms with Gasteiger partial charge < -0.3 is 5.11 Å². The van der Waals surface area contributed by atoms with E-state index in [0.29, 0.717) is 12.1 Å². The second kappa shape index (κ2) is 5.56. The van der Waals surface area contributed by atoms with E-state index in [1.807, 2.05) is 6.92 Å². The van der Waals surface area contributed by atoms with E-state index in [1.54, 1.807) is 10.9 Å². The molecule has 1 aromatic heterocycles. The zero-order valence-electron chi connectivity index (χ0n) is 11.0. The zero-order chi connectivity index (χ0) is 14.8. The first-order chi connectivity index (χ1) is 9.41. The van der Waals surface area contributed by atoms with Gasteiger partial charge in [0.15, 0.2) is 0 Å². The second-order valence-corrected chi connectivity index (χ2v) is 4.58. The number of rotatable bonds is 4. The first-order valence-corrected chi connectivity index (χ1v) is 6.35. The molecule has 0 aliphatic carbocycles. The Kier molecular flexibility index (Phi) is 4.01. The normalized spacial score (nSPS) is 11.8. The first-order valence-electron chi connectivity index (χ1n) is 6.35. The summed E-state index contributed by atoms with van der Waals surface area (Å²) in [5.74, 6) is -0.187. The summed E-state index contributed by atoms with van der Waals surface area (Å²) in [6.45, 7) is 2.75. The average Bonchev–Trinajstić information content (AvgIpc) is 2.84. The third kappa shape index (κ3) is 3.12. The number of unbranched alkanes of at least 4 members (excludes halogenated alkanes) is 1. The van der Waals surface area contributed by atoms with Crippen LogP contribution in [0.1, 0.15) is 25.3 Å². The molecule has 0 aliphatic rings. The maximum atomic E-state index is 12.7. The third-order valence-electron chi connectivity index (χ3n) is 3.01. The highest BCUT2D eigenvalue weighted by Crippen LogP contribution is 2.36. The Morgan fingerprint density at radius 3 is 2.70 bits per heavy atom.